The zero-order valence-electron chi connectivity index (χ0n) is 20.8. The maximum Gasteiger partial charge on any atom is 0.224 e. The van der Waals surface area contributed by atoms with Gasteiger partial charge in [-0.05, 0) is 51.8 Å². The fraction of sp³-hybridized carbons (Fsp3) is 0.615. The van der Waals surface area contributed by atoms with E-state index in [-0.39, 0.29) is 35.8 Å². The molecule has 35 heavy (non-hydrogen) atoms. The van der Waals surface area contributed by atoms with Gasteiger partial charge in [0.15, 0.2) is 11.6 Å². The molecule has 0 spiro atoms. The number of nitrogens with zero attached hydrogens (tertiary/aromatic N) is 3. The monoisotopic (exact) mass is 493 g/mol. The average molecular weight is 494 g/mol. The number of carbonyl (C=O) groups excluding carboxylic acids is 2. The third-order valence-corrected chi connectivity index (χ3v) is 7.37. The van der Waals surface area contributed by atoms with Crippen molar-refractivity contribution >= 4 is 12.7 Å². The predicted molar refractivity (Wildman–Crippen MR) is 129 cm³/mol. The summed E-state index contributed by atoms with van der Waals surface area (Å²) >= 11 is 0. The minimum Gasteiger partial charge on any atom is -0.510 e. The molecule has 1 aromatic carbocycles. The normalized spacial score (nSPS) is 19.2. The second-order valence-electron chi connectivity index (χ2n) is 9.57. The van der Waals surface area contributed by atoms with E-state index >= 15 is 0 Å². The lowest BCUT2D eigenvalue weighted by molar-refractivity contribution is -0.149. The number of hydrogen-bond donors (Lipinski definition) is 1. The van der Waals surface area contributed by atoms with E-state index in [1.807, 2.05) is 0 Å². The van der Waals surface area contributed by atoms with E-state index in [0.717, 1.165) is 45.2 Å². The van der Waals surface area contributed by atoms with Gasteiger partial charge in [0.05, 0.1) is 12.1 Å². The number of piperidine rings is 1. The van der Waals surface area contributed by atoms with Crippen molar-refractivity contribution < 1.29 is 28.2 Å². The third kappa shape index (κ3) is 6.19. The lowest BCUT2D eigenvalue weighted by Crippen LogP contribution is -2.57. The molecule has 2 fully saturated rings. The van der Waals surface area contributed by atoms with Gasteiger partial charge in [0, 0.05) is 24.7 Å². The topological polar surface area (TPSA) is 73.3 Å². The highest BCUT2D eigenvalue weighted by atomic mass is 19.2. The van der Waals surface area contributed by atoms with Gasteiger partial charge in [0.2, 0.25) is 12.2 Å². The minimum atomic E-state index is -1.08. The van der Waals surface area contributed by atoms with Crippen molar-refractivity contribution in [3.05, 3.63) is 40.7 Å². The van der Waals surface area contributed by atoms with E-state index < -0.39 is 17.2 Å². The van der Waals surface area contributed by atoms with E-state index in [1.165, 1.54) is 30.5 Å². The SMILES string of the molecule is C/C(C=O)=C(/O)C1(N(C)N(C=O)Cc2ccc(OCCN3CCCCC3)c(F)c2F)CCCCC1. The molecule has 1 amide bonds. The molecule has 1 aliphatic carbocycles. The van der Waals surface area contributed by atoms with Crippen LogP contribution in [0.15, 0.2) is 23.5 Å². The smallest absolute Gasteiger partial charge is 0.224 e. The van der Waals surface area contributed by atoms with Crippen LogP contribution in [0.5, 0.6) is 5.75 Å². The van der Waals surface area contributed by atoms with Crippen LogP contribution in [0.1, 0.15) is 63.9 Å². The van der Waals surface area contributed by atoms with Gasteiger partial charge in [0.25, 0.3) is 0 Å². The Kier molecular flexibility index (Phi) is 9.63. The largest absolute Gasteiger partial charge is 0.510 e. The second-order valence-corrected chi connectivity index (χ2v) is 9.57. The lowest BCUT2D eigenvalue weighted by Gasteiger charge is -2.47. The summed E-state index contributed by atoms with van der Waals surface area (Å²) in [7, 11) is 1.63. The number of aliphatic hydroxyl groups is 1. The Balaban J connectivity index is 1.73. The minimum absolute atomic E-state index is 0.00799. The Morgan fingerprint density at radius 2 is 1.74 bits per heavy atom. The summed E-state index contributed by atoms with van der Waals surface area (Å²) in [6, 6.07) is 2.80. The Morgan fingerprint density at radius 1 is 1.09 bits per heavy atom. The molecule has 194 valence electrons. The Morgan fingerprint density at radius 3 is 2.37 bits per heavy atom. The van der Waals surface area contributed by atoms with E-state index in [1.54, 1.807) is 12.1 Å². The highest BCUT2D eigenvalue weighted by Crippen LogP contribution is 2.40. The number of aldehydes is 1. The fourth-order valence-electron chi connectivity index (χ4n) is 5.18. The van der Waals surface area contributed by atoms with E-state index in [9.17, 15) is 23.5 Å². The van der Waals surface area contributed by atoms with Crippen LogP contribution in [0.2, 0.25) is 0 Å². The van der Waals surface area contributed by atoms with Crippen LogP contribution in [-0.4, -0.2) is 71.5 Å². The second kappa shape index (κ2) is 12.4. The molecule has 2 aliphatic rings. The van der Waals surface area contributed by atoms with Crippen molar-refractivity contribution in [3.8, 4) is 5.75 Å². The molecule has 1 N–H and O–H groups in total. The Labute approximate surface area is 206 Å². The number of rotatable bonds is 11. The zero-order chi connectivity index (χ0) is 25.4. The van der Waals surface area contributed by atoms with E-state index in [2.05, 4.69) is 4.90 Å². The number of halogens is 2. The molecule has 0 unspecified atom stereocenters. The Bertz CT molecular complexity index is 912. The van der Waals surface area contributed by atoms with Crippen molar-refractivity contribution in [1.82, 2.24) is 14.9 Å². The number of likely N-dealkylation sites (N-methyl/N-ethyl adjacent to an activating group) is 1. The first-order valence-electron chi connectivity index (χ1n) is 12.5. The van der Waals surface area contributed by atoms with Crippen LogP contribution < -0.4 is 4.74 Å². The van der Waals surface area contributed by atoms with E-state index in [0.29, 0.717) is 32.1 Å². The summed E-state index contributed by atoms with van der Waals surface area (Å²) in [6.45, 7) is 4.21. The number of ether oxygens (including phenoxy) is 1. The number of benzene rings is 1. The lowest BCUT2D eigenvalue weighted by atomic mass is 9.78. The molecule has 3 rings (SSSR count). The van der Waals surface area contributed by atoms with Crippen molar-refractivity contribution in [2.45, 2.75) is 70.4 Å². The molecule has 1 aliphatic heterocycles. The first-order valence-corrected chi connectivity index (χ1v) is 12.5. The number of allylic oxidation sites excluding steroid dienone is 1. The maximum atomic E-state index is 15.0. The summed E-state index contributed by atoms with van der Waals surface area (Å²) in [5.74, 6) is -2.39. The number of likely N-dealkylation sites (tertiary alicyclic amines) is 1. The van der Waals surface area contributed by atoms with Gasteiger partial charge in [-0.25, -0.2) is 9.40 Å². The highest BCUT2D eigenvalue weighted by Gasteiger charge is 2.43. The summed E-state index contributed by atoms with van der Waals surface area (Å²) in [4.78, 5) is 25.6. The third-order valence-electron chi connectivity index (χ3n) is 7.37. The highest BCUT2D eigenvalue weighted by molar-refractivity contribution is 5.73. The number of hydrazine groups is 1. The zero-order valence-corrected chi connectivity index (χ0v) is 20.8. The van der Waals surface area contributed by atoms with Gasteiger partial charge in [-0.3, -0.25) is 19.5 Å². The molecule has 0 aromatic heterocycles. The molecule has 1 saturated carbocycles. The number of carbonyl (C=O) groups is 2. The van der Waals surface area contributed by atoms with Gasteiger partial charge in [-0.2, -0.15) is 4.39 Å². The molecule has 0 atom stereocenters. The van der Waals surface area contributed by atoms with Crippen LogP contribution in [0.25, 0.3) is 0 Å². The van der Waals surface area contributed by atoms with Crippen LogP contribution in [0.4, 0.5) is 8.78 Å². The molecule has 1 heterocycles. The van der Waals surface area contributed by atoms with Gasteiger partial charge in [-0.15, -0.1) is 0 Å². The average Bonchev–Trinajstić information content (AvgIpc) is 2.90. The quantitative estimate of drug-likeness (QED) is 0.214. The molecule has 1 saturated heterocycles. The van der Waals surface area contributed by atoms with Gasteiger partial charge in [-0.1, -0.05) is 31.7 Å². The number of hydrogen-bond acceptors (Lipinski definition) is 6. The van der Waals surface area contributed by atoms with Crippen molar-refractivity contribution in [2.75, 3.05) is 33.3 Å². The number of aliphatic hydroxyl groups excluding tert-OH is 1. The van der Waals surface area contributed by atoms with Crippen molar-refractivity contribution in [1.29, 1.82) is 0 Å². The number of amides is 1. The van der Waals surface area contributed by atoms with E-state index in [4.69, 9.17) is 4.74 Å². The molecular formula is C26H37F2N3O4. The standard InChI is InChI=1S/C26H37F2N3O4/c1-20(18-32)25(34)26(11-5-3-6-12-26)29(2)31(19-33)17-21-9-10-22(24(28)23(21)27)35-16-15-30-13-7-4-8-14-30/h9-10,18-19,34H,3-8,11-17H2,1-2H3/b25-20-. The molecule has 9 heteroatoms. The molecule has 1 aromatic rings. The molecular weight excluding hydrogens is 456 g/mol. The molecule has 0 bridgehead atoms. The van der Waals surface area contributed by atoms with Gasteiger partial charge >= 0.3 is 0 Å². The summed E-state index contributed by atoms with van der Waals surface area (Å²) in [5.41, 5.74) is -0.782. The van der Waals surface area contributed by atoms with Crippen LogP contribution in [-0.2, 0) is 16.1 Å². The van der Waals surface area contributed by atoms with Crippen LogP contribution >= 0.6 is 0 Å². The van der Waals surface area contributed by atoms with Crippen LogP contribution in [0.3, 0.4) is 0 Å². The van der Waals surface area contributed by atoms with Gasteiger partial charge in [0.1, 0.15) is 18.7 Å². The predicted octanol–water partition coefficient (Wildman–Crippen LogP) is 4.37. The van der Waals surface area contributed by atoms with Crippen molar-refractivity contribution in [2.24, 2.45) is 0 Å². The Hall–Kier alpha value is -2.52. The van der Waals surface area contributed by atoms with Crippen LogP contribution in [0, 0.1) is 11.6 Å². The molecule has 7 nitrogen and oxygen atoms in total. The summed E-state index contributed by atoms with van der Waals surface area (Å²) in [6.07, 6.45) is 8.27. The summed E-state index contributed by atoms with van der Waals surface area (Å²) < 4.78 is 35.2. The fourth-order valence-corrected chi connectivity index (χ4v) is 5.18. The van der Waals surface area contributed by atoms with Gasteiger partial charge < -0.3 is 9.84 Å². The molecule has 0 radical (unpaired) electrons. The first kappa shape index (κ1) is 27.1. The first-order chi connectivity index (χ1) is 16.8. The summed E-state index contributed by atoms with van der Waals surface area (Å²) in [5, 5.41) is 13.7. The maximum absolute atomic E-state index is 15.0. The van der Waals surface area contributed by atoms with Crippen molar-refractivity contribution in [3.63, 3.8) is 0 Å².